The van der Waals surface area contributed by atoms with Crippen molar-refractivity contribution in [3.8, 4) is 5.75 Å². The van der Waals surface area contributed by atoms with E-state index < -0.39 is 0 Å². The maximum atomic E-state index is 5.82. The summed E-state index contributed by atoms with van der Waals surface area (Å²) in [6.07, 6.45) is 1.06. The second kappa shape index (κ2) is 5.33. The van der Waals surface area contributed by atoms with E-state index in [-0.39, 0.29) is 6.10 Å². The van der Waals surface area contributed by atoms with Gasteiger partial charge in [-0.25, -0.2) is 0 Å². The number of nitrogens with two attached hydrogens (primary N) is 1. The van der Waals surface area contributed by atoms with Crippen LogP contribution in [0.5, 0.6) is 5.75 Å². The van der Waals surface area contributed by atoms with Gasteiger partial charge in [-0.3, -0.25) is 0 Å². The molecule has 0 aromatic heterocycles. The van der Waals surface area contributed by atoms with Gasteiger partial charge in [0.2, 0.25) is 0 Å². The van der Waals surface area contributed by atoms with Crippen LogP contribution < -0.4 is 10.5 Å². The lowest BCUT2D eigenvalue weighted by atomic mass is 10.1. The van der Waals surface area contributed by atoms with Crippen LogP contribution in [-0.2, 0) is 17.8 Å². The van der Waals surface area contributed by atoms with E-state index in [0.29, 0.717) is 13.2 Å². The molecule has 0 saturated carbocycles. The molecule has 1 aliphatic rings. The Morgan fingerprint density at radius 2 is 1.89 bits per heavy atom. The van der Waals surface area contributed by atoms with Crippen LogP contribution >= 0.6 is 0 Å². The number of rotatable bonds is 4. The van der Waals surface area contributed by atoms with Gasteiger partial charge in [0.15, 0.2) is 0 Å². The third-order valence-corrected chi connectivity index (χ3v) is 3.27. The van der Waals surface area contributed by atoms with Gasteiger partial charge in [0.25, 0.3) is 0 Å². The van der Waals surface area contributed by atoms with E-state index in [2.05, 4.69) is 6.07 Å². The molecule has 2 aromatic carbocycles. The molecule has 0 fully saturated rings. The maximum absolute atomic E-state index is 5.82. The quantitative estimate of drug-likeness (QED) is 0.854. The first-order chi connectivity index (χ1) is 9.31. The average Bonchev–Trinajstić information content (AvgIpc) is 2.83. The summed E-state index contributed by atoms with van der Waals surface area (Å²) in [6, 6.07) is 15.9. The van der Waals surface area contributed by atoms with E-state index in [1.807, 2.05) is 42.5 Å². The van der Waals surface area contributed by atoms with Crippen molar-refractivity contribution in [2.45, 2.75) is 19.1 Å². The Labute approximate surface area is 113 Å². The van der Waals surface area contributed by atoms with Crippen LogP contribution in [0, 0.1) is 0 Å². The van der Waals surface area contributed by atoms with Crippen molar-refractivity contribution in [2.24, 2.45) is 0 Å². The molecular formula is C16H17NO2. The number of fused-ring (bicyclic) bond motifs is 1. The van der Waals surface area contributed by atoms with Crippen molar-refractivity contribution in [1.29, 1.82) is 0 Å². The largest absolute Gasteiger partial charge is 0.487 e. The summed E-state index contributed by atoms with van der Waals surface area (Å²) in [5, 5.41) is 0. The molecule has 0 amide bonds. The van der Waals surface area contributed by atoms with E-state index in [9.17, 15) is 0 Å². The minimum absolute atomic E-state index is 0.131. The number of benzene rings is 2. The zero-order valence-corrected chi connectivity index (χ0v) is 10.7. The highest BCUT2D eigenvalue weighted by Crippen LogP contribution is 2.28. The number of nitrogen functional groups attached to an aromatic ring is 1. The van der Waals surface area contributed by atoms with E-state index in [4.69, 9.17) is 15.2 Å². The molecule has 0 radical (unpaired) electrons. The molecule has 1 atom stereocenters. The first kappa shape index (κ1) is 12.1. The van der Waals surface area contributed by atoms with Crippen LogP contribution in [0.4, 0.5) is 5.69 Å². The molecule has 0 saturated heterocycles. The van der Waals surface area contributed by atoms with E-state index in [0.717, 1.165) is 23.4 Å². The third-order valence-electron chi connectivity index (χ3n) is 3.27. The number of para-hydroxylation sites is 1. The molecule has 1 aliphatic heterocycles. The Balaban J connectivity index is 1.48. The molecule has 2 aromatic rings. The number of hydrogen-bond donors (Lipinski definition) is 1. The molecule has 3 heteroatoms. The van der Waals surface area contributed by atoms with Crippen molar-refractivity contribution < 1.29 is 9.47 Å². The van der Waals surface area contributed by atoms with Crippen LogP contribution in [-0.4, -0.2) is 12.7 Å². The monoisotopic (exact) mass is 255 g/mol. The van der Waals surface area contributed by atoms with Gasteiger partial charge in [0.05, 0.1) is 13.2 Å². The Morgan fingerprint density at radius 1 is 1.11 bits per heavy atom. The summed E-state index contributed by atoms with van der Waals surface area (Å²) in [5.41, 5.74) is 8.82. The summed E-state index contributed by atoms with van der Waals surface area (Å²) >= 11 is 0. The lowest BCUT2D eigenvalue weighted by Crippen LogP contribution is -2.20. The molecule has 19 heavy (non-hydrogen) atoms. The van der Waals surface area contributed by atoms with Crippen LogP contribution in [0.3, 0.4) is 0 Å². The highest BCUT2D eigenvalue weighted by molar-refractivity contribution is 5.39. The molecule has 3 rings (SSSR count). The lowest BCUT2D eigenvalue weighted by molar-refractivity contribution is 0.0510. The van der Waals surface area contributed by atoms with Crippen LogP contribution in [0.25, 0.3) is 0 Å². The summed E-state index contributed by atoms with van der Waals surface area (Å²) in [4.78, 5) is 0. The summed E-state index contributed by atoms with van der Waals surface area (Å²) < 4.78 is 11.5. The van der Waals surface area contributed by atoms with Crippen molar-refractivity contribution >= 4 is 5.69 Å². The normalized spacial score (nSPS) is 16.9. The van der Waals surface area contributed by atoms with Gasteiger partial charge in [-0.05, 0) is 29.3 Å². The number of anilines is 1. The molecule has 3 nitrogen and oxygen atoms in total. The second-order valence-corrected chi connectivity index (χ2v) is 4.81. The highest BCUT2D eigenvalue weighted by atomic mass is 16.5. The standard InChI is InChI=1S/C16H17NO2/c17-14-7-5-12(6-8-14)10-18-11-15-9-13-3-1-2-4-16(13)19-15/h1-8,15H,9-11,17H2. The highest BCUT2D eigenvalue weighted by Gasteiger charge is 2.22. The maximum Gasteiger partial charge on any atom is 0.126 e. The fourth-order valence-electron chi connectivity index (χ4n) is 2.27. The molecule has 0 bridgehead atoms. The van der Waals surface area contributed by atoms with Crippen molar-refractivity contribution in [3.63, 3.8) is 0 Å². The van der Waals surface area contributed by atoms with Gasteiger partial charge in [-0.1, -0.05) is 30.3 Å². The Kier molecular flexibility index (Phi) is 3.38. The number of ether oxygens (including phenoxy) is 2. The van der Waals surface area contributed by atoms with E-state index >= 15 is 0 Å². The second-order valence-electron chi connectivity index (χ2n) is 4.81. The van der Waals surface area contributed by atoms with Gasteiger partial charge in [-0.2, -0.15) is 0 Å². The average molecular weight is 255 g/mol. The molecule has 98 valence electrons. The zero-order chi connectivity index (χ0) is 13.1. The third kappa shape index (κ3) is 2.88. The molecular weight excluding hydrogens is 238 g/mol. The van der Waals surface area contributed by atoms with Crippen molar-refractivity contribution in [2.75, 3.05) is 12.3 Å². The predicted octanol–water partition coefficient (Wildman–Crippen LogP) is 2.79. The van der Waals surface area contributed by atoms with Crippen molar-refractivity contribution in [3.05, 3.63) is 59.7 Å². The Morgan fingerprint density at radius 3 is 2.68 bits per heavy atom. The first-order valence-corrected chi connectivity index (χ1v) is 6.48. The Hall–Kier alpha value is -2.00. The summed E-state index contributed by atoms with van der Waals surface area (Å²) in [7, 11) is 0. The van der Waals surface area contributed by atoms with Crippen LogP contribution in [0.15, 0.2) is 48.5 Å². The van der Waals surface area contributed by atoms with E-state index in [1.165, 1.54) is 5.56 Å². The molecule has 2 N–H and O–H groups in total. The minimum Gasteiger partial charge on any atom is -0.487 e. The van der Waals surface area contributed by atoms with Gasteiger partial charge >= 0.3 is 0 Å². The minimum atomic E-state index is 0.131. The fourth-order valence-corrected chi connectivity index (χ4v) is 2.27. The molecule has 0 spiro atoms. The summed E-state index contributed by atoms with van der Waals surface area (Å²) in [5.74, 6) is 0.989. The molecule has 1 heterocycles. The SMILES string of the molecule is Nc1ccc(COCC2Cc3ccccc3O2)cc1. The zero-order valence-electron chi connectivity index (χ0n) is 10.7. The summed E-state index contributed by atoms with van der Waals surface area (Å²) in [6.45, 7) is 1.20. The van der Waals surface area contributed by atoms with Gasteiger partial charge in [-0.15, -0.1) is 0 Å². The van der Waals surface area contributed by atoms with Crippen LogP contribution in [0.1, 0.15) is 11.1 Å². The number of hydrogen-bond acceptors (Lipinski definition) is 3. The van der Waals surface area contributed by atoms with Crippen molar-refractivity contribution in [1.82, 2.24) is 0 Å². The first-order valence-electron chi connectivity index (χ1n) is 6.48. The Bertz CT molecular complexity index is 526. The van der Waals surface area contributed by atoms with Gasteiger partial charge in [0.1, 0.15) is 11.9 Å². The predicted molar refractivity (Wildman–Crippen MR) is 75.1 cm³/mol. The fraction of sp³-hybridized carbons (Fsp3) is 0.250. The molecule has 0 aliphatic carbocycles. The van der Waals surface area contributed by atoms with E-state index in [1.54, 1.807) is 0 Å². The van der Waals surface area contributed by atoms with Gasteiger partial charge in [0, 0.05) is 12.1 Å². The smallest absolute Gasteiger partial charge is 0.126 e. The molecule has 1 unspecified atom stereocenters. The lowest BCUT2D eigenvalue weighted by Gasteiger charge is -2.11. The topological polar surface area (TPSA) is 44.5 Å². The van der Waals surface area contributed by atoms with Gasteiger partial charge < -0.3 is 15.2 Å². The van der Waals surface area contributed by atoms with Crippen LogP contribution in [0.2, 0.25) is 0 Å².